The van der Waals surface area contributed by atoms with Crippen LogP contribution in [0, 0.1) is 0 Å². The summed E-state index contributed by atoms with van der Waals surface area (Å²) in [6.45, 7) is 0.636. The SMILES string of the molecule is Bc1cc2ncn(CC(=O)C[C@H]3NCCC[C@@H]3OC(=O)c3ccccc3)c(=O)c2cc1Cl. The molecule has 1 aliphatic rings. The highest BCUT2D eigenvalue weighted by atomic mass is 35.5. The van der Waals surface area contributed by atoms with Crippen molar-refractivity contribution in [2.45, 2.75) is 38.0 Å². The molecule has 2 aromatic carbocycles. The maximum absolute atomic E-state index is 12.8. The molecule has 0 unspecified atom stereocenters. The number of aromatic nitrogens is 2. The highest BCUT2D eigenvalue weighted by Crippen LogP contribution is 2.18. The quantitative estimate of drug-likeness (QED) is 0.448. The molecular formula is C23H23BClN3O4. The number of halogens is 1. The fourth-order valence-corrected chi connectivity index (χ4v) is 4.11. The lowest BCUT2D eigenvalue weighted by atomic mass is 9.95. The third kappa shape index (κ3) is 4.92. The topological polar surface area (TPSA) is 90.3 Å². The molecule has 1 N–H and O–H groups in total. The Labute approximate surface area is 191 Å². The fraction of sp³-hybridized carbons (Fsp3) is 0.304. The van der Waals surface area contributed by atoms with Gasteiger partial charge < -0.3 is 10.1 Å². The minimum absolute atomic E-state index is 0.106. The molecule has 32 heavy (non-hydrogen) atoms. The molecule has 2 atom stereocenters. The predicted octanol–water partition coefficient (Wildman–Crippen LogP) is 1.25. The van der Waals surface area contributed by atoms with Gasteiger partial charge in [-0.15, -0.1) is 0 Å². The maximum Gasteiger partial charge on any atom is 0.338 e. The summed E-state index contributed by atoms with van der Waals surface area (Å²) in [7, 11) is 1.84. The molecule has 0 bridgehead atoms. The van der Waals surface area contributed by atoms with E-state index in [4.69, 9.17) is 16.3 Å². The van der Waals surface area contributed by atoms with Gasteiger partial charge in [0.1, 0.15) is 14.0 Å². The standard InChI is InChI=1S/C23H23BClN3O4/c24-17-11-19-16(10-18(17)25)22(30)28(13-27-19)12-15(29)9-20-21(7-4-8-26-20)32-23(31)14-5-2-1-3-6-14/h1-3,5-6,10-11,13,20-21,26H,4,7-9,12,24H2/t20-,21+/m1/s1. The van der Waals surface area contributed by atoms with E-state index in [-0.39, 0.29) is 30.3 Å². The monoisotopic (exact) mass is 451 g/mol. The van der Waals surface area contributed by atoms with Crippen LogP contribution in [0.1, 0.15) is 29.6 Å². The average molecular weight is 452 g/mol. The van der Waals surface area contributed by atoms with Crippen molar-refractivity contribution in [1.82, 2.24) is 14.9 Å². The number of piperidine rings is 1. The van der Waals surface area contributed by atoms with Crippen LogP contribution in [0.5, 0.6) is 0 Å². The number of benzene rings is 2. The second-order valence-corrected chi connectivity index (χ2v) is 8.46. The first-order valence-electron chi connectivity index (χ1n) is 10.6. The predicted molar refractivity (Wildman–Crippen MR) is 125 cm³/mol. The Bertz CT molecular complexity index is 1220. The Kier molecular flexibility index (Phi) is 6.72. The molecule has 9 heteroatoms. The lowest BCUT2D eigenvalue weighted by molar-refractivity contribution is -0.121. The number of nitrogens with zero attached hydrogens (tertiary/aromatic N) is 2. The number of carbonyl (C=O) groups is 2. The summed E-state index contributed by atoms with van der Waals surface area (Å²) in [5.74, 6) is -0.550. The third-order valence-corrected chi connectivity index (χ3v) is 6.09. The van der Waals surface area contributed by atoms with Gasteiger partial charge in [0.15, 0.2) is 5.78 Å². The summed E-state index contributed by atoms with van der Waals surface area (Å²) >= 11 is 6.16. The number of hydrogen-bond donors (Lipinski definition) is 1. The molecule has 164 valence electrons. The Hall–Kier alpha value is -2.97. The van der Waals surface area contributed by atoms with Gasteiger partial charge in [-0.3, -0.25) is 14.2 Å². The van der Waals surface area contributed by atoms with E-state index in [0.29, 0.717) is 27.9 Å². The van der Waals surface area contributed by atoms with Crippen LogP contribution in [0.3, 0.4) is 0 Å². The normalized spacial score (nSPS) is 18.4. The number of carbonyl (C=O) groups excluding carboxylic acids is 2. The van der Waals surface area contributed by atoms with E-state index in [2.05, 4.69) is 10.3 Å². The molecule has 1 fully saturated rings. The number of ketones is 1. The summed E-state index contributed by atoms with van der Waals surface area (Å²) in [6, 6.07) is 11.8. The van der Waals surface area contributed by atoms with Crippen LogP contribution in [-0.4, -0.2) is 47.8 Å². The van der Waals surface area contributed by atoms with Crippen LogP contribution < -0.4 is 16.3 Å². The molecular weight excluding hydrogens is 429 g/mol. The maximum atomic E-state index is 12.8. The molecule has 4 rings (SSSR count). The zero-order valence-electron chi connectivity index (χ0n) is 17.7. The van der Waals surface area contributed by atoms with Crippen LogP contribution in [0.25, 0.3) is 10.9 Å². The number of Topliss-reactive ketones (excluding diaryl/α,β-unsaturated/α-hetero) is 1. The van der Waals surface area contributed by atoms with Gasteiger partial charge in [0.05, 0.1) is 35.4 Å². The van der Waals surface area contributed by atoms with Gasteiger partial charge in [0.25, 0.3) is 5.56 Å². The molecule has 1 aromatic heterocycles. The molecule has 7 nitrogen and oxygen atoms in total. The van der Waals surface area contributed by atoms with Crippen LogP contribution >= 0.6 is 11.6 Å². The Morgan fingerprint density at radius 3 is 2.81 bits per heavy atom. The van der Waals surface area contributed by atoms with E-state index in [1.54, 1.807) is 36.4 Å². The molecule has 1 saturated heterocycles. The van der Waals surface area contributed by atoms with Gasteiger partial charge in [0, 0.05) is 11.4 Å². The summed E-state index contributed by atoms with van der Waals surface area (Å²) in [4.78, 5) is 42.4. The van der Waals surface area contributed by atoms with E-state index in [1.165, 1.54) is 10.9 Å². The summed E-state index contributed by atoms with van der Waals surface area (Å²) < 4.78 is 6.99. The first-order valence-corrected chi connectivity index (χ1v) is 11.0. The van der Waals surface area contributed by atoms with Crippen LogP contribution in [0.4, 0.5) is 0 Å². The first kappa shape index (κ1) is 22.2. The van der Waals surface area contributed by atoms with Crippen molar-refractivity contribution in [1.29, 1.82) is 0 Å². The highest BCUT2D eigenvalue weighted by molar-refractivity contribution is 6.45. The van der Waals surface area contributed by atoms with E-state index >= 15 is 0 Å². The number of ether oxygens (including phenoxy) is 1. The average Bonchev–Trinajstić information content (AvgIpc) is 2.79. The molecule has 2 heterocycles. The highest BCUT2D eigenvalue weighted by Gasteiger charge is 2.30. The second kappa shape index (κ2) is 9.67. The minimum Gasteiger partial charge on any atom is -0.457 e. The largest absolute Gasteiger partial charge is 0.457 e. The Morgan fingerprint density at radius 2 is 2.03 bits per heavy atom. The molecule has 1 aliphatic heterocycles. The number of rotatable bonds is 6. The summed E-state index contributed by atoms with van der Waals surface area (Å²) in [6.07, 6.45) is 2.65. The summed E-state index contributed by atoms with van der Waals surface area (Å²) in [5, 5.41) is 4.14. The molecule has 0 saturated carbocycles. The fourth-order valence-electron chi connectivity index (χ4n) is 3.94. The van der Waals surface area contributed by atoms with Crippen molar-refractivity contribution in [2.75, 3.05) is 6.54 Å². The molecule has 3 aromatic rings. The van der Waals surface area contributed by atoms with Gasteiger partial charge in [-0.1, -0.05) is 35.3 Å². The van der Waals surface area contributed by atoms with Gasteiger partial charge in [-0.05, 0) is 43.7 Å². The van der Waals surface area contributed by atoms with Gasteiger partial charge in [0.2, 0.25) is 0 Å². The number of nitrogens with one attached hydrogen (secondary N) is 1. The zero-order chi connectivity index (χ0) is 22.7. The smallest absolute Gasteiger partial charge is 0.338 e. The van der Waals surface area contributed by atoms with Crippen molar-refractivity contribution in [2.24, 2.45) is 0 Å². The van der Waals surface area contributed by atoms with Crippen LogP contribution in [0.2, 0.25) is 5.02 Å². The van der Waals surface area contributed by atoms with Crippen molar-refractivity contribution in [3.63, 3.8) is 0 Å². The molecule has 0 amide bonds. The van der Waals surface area contributed by atoms with E-state index in [9.17, 15) is 14.4 Å². The molecule has 0 aliphatic carbocycles. The van der Waals surface area contributed by atoms with Crippen molar-refractivity contribution in [3.05, 3.63) is 69.7 Å². The molecule has 0 spiro atoms. The number of esters is 1. The van der Waals surface area contributed by atoms with Crippen molar-refractivity contribution >= 4 is 47.6 Å². The van der Waals surface area contributed by atoms with Gasteiger partial charge in [-0.25, -0.2) is 9.78 Å². The van der Waals surface area contributed by atoms with Crippen molar-refractivity contribution < 1.29 is 14.3 Å². The van der Waals surface area contributed by atoms with E-state index in [0.717, 1.165) is 18.4 Å². The van der Waals surface area contributed by atoms with E-state index < -0.39 is 12.1 Å². The number of hydrogen-bond acceptors (Lipinski definition) is 6. The van der Waals surface area contributed by atoms with E-state index in [1.807, 2.05) is 13.9 Å². The zero-order valence-corrected chi connectivity index (χ0v) is 18.5. The second-order valence-electron chi connectivity index (χ2n) is 8.05. The van der Waals surface area contributed by atoms with Crippen molar-refractivity contribution in [3.8, 4) is 0 Å². The third-order valence-electron chi connectivity index (χ3n) is 5.69. The minimum atomic E-state index is -0.409. The molecule has 0 radical (unpaired) electrons. The summed E-state index contributed by atoms with van der Waals surface area (Å²) in [5.41, 5.74) is 1.54. The number of fused-ring (bicyclic) bond motifs is 1. The lowest BCUT2D eigenvalue weighted by Gasteiger charge is -2.32. The Balaban J connectivity index is 1.45. The lowest BCUT2D eigenvalue weighted by Crippen LogP contribution is -2.48. The Morgan fingerprint density at radius 1 is 1.25 bits per heavy atom. The van der Waals surface area contributed by atoms with Crippen LogP contribution in [-0.2, 0) is 16.1 Å². The van der Waals surface area contributed by atoms with Crippen LogP contribution in [0.15, 0.2) is 53.6 Å². The van der Waals surface area contributed by atoms with Gasteiger partial charge in [-0.2, -0.15) is 0 Å². The van der Waals surface area contributed by atoms with Gasteiger partial charge >= 0.3 is 5.97 Å². The first-order chi connectivity index (χ1) is 15.4.